The van der Waals surface area contributed by atoms with Gasteiger partial charge in [-0.25, -0.2) is 9.67 Å². The van der Waals surface area contributed by atoms with Gasteiger partial charge in [-0.3, -0.25) is 4.79 Å². The molecule has 0 bridgehead atoms. The van der Waals surface area contributed by atoms with Crippen LogP contribution in [0.5, 0.6) is 0 Å². The molecule has 5 heteroatoms. The van der Waals surface area contributed by atoms with E-state index < -0.39 is 0 Å². The van der Waals surface area contributed by atoms with E-state index in [0.29, 0.717) is 16.4 Å². The maximum atomic E-state index is 11.2. The topological polar surface area (TPSA) is 47.8 Å². The molecule has 0 fully saturated rings. The first kappa shape index (κ1) is 11.8. The van der Waals surface area contributed by atoms with Gasteiger partial charge < -0.3 is 0 Å². The molecule has 0 aliphatic rings. The Balaban J connectivity index is 2.54. The third kappa shape index (κ3) is 2.22. The standard InChI is InChI=1S/C12H12ClN3O/c1-7(17)10-4-5-12(11(13)6-10)16-9(3)14-8(2)15-16/h4-6H,1-3H3. The van der Waals surface area contributed by atoms with Gasteiger partial charge in [0.1, 0.15) is 11.6 Å². The Morgan fingerprint density at radius 1 is 1.35 bits per heavy atom. The number of aryl methyl sites for hydroxylation is 2. The minimum Gasteiger partial charge on any atom is -0.295 e. The number of hydrogen-bond donors (Lipinski definition) is 0. The van der Waals surface area contributed by atoms with Crippen molar-refractivity contribution >= 4 is 17.4 Å². The molecule has 0 saturated carbocycles. The fraction of sp³-hybridized carbons (Fsp3) is 0.250. The molecule has 0 radical (unpaired) electrons. The fourth-order valence-electron chi connectivity index (χ4n) is 1.65. The number of rotatable bonds is 2. The van der Waals surface area contributed by atoms with Crippen molar-refractivity contribution in [3.05, 3.63) is 40.4 Å². The molecular formula is C12H12ClN3O. The van der Waals surface area contributed by atoms with Crippen molar-refractivity contribution in [3.63, 3.8) is 0 Å². The second kappa shape index (κ2) is 4.30. The molecule has 1 heterocycles. The van der Waals surface area contributed by atoms with Crippen LogP contribution in [-0.2, 0) is 0 Å². The first-order chi connectivity index (χ1) is 7.99. The van der Waals surface area contributed by atoms with Gasteiger partial charge in [-0.15, -0.1) is 0 Å². The lowest BCUT2D eigenvalue weighted by Gasteiger charge is -2.06. The maximum absolute atomic E-state index is 11.2. The highest BCUT2D eigenvalue weighted by Crippen LogP contribution is 2.22. The van der Waals surface area contributed by atoms with E-state index in [1.807, 2.05) is 13.8 Å². The van der Waals surface area contributed by atoms with Crippen LogP contribution in [0.4, 0.5) is 0 Å². The van der Waals surface area contributed by atoms with Crippen LogP contribution < -0.4 is 0 Å². The molecule has 1 aromatic carbocycles. The highest BCUT2D eigenvalue weighted by molar-refractivity contribution is 6.32. The number of aromatic nitrogens is 3. The Hall–Kier alpha value is -1.68. The summed E-state index contributed by atoms with van der Waals surface area (Å²) in [6.45, 7) is 5.19. The van der Waals surface area contributed by atoms with Gasteiger partial charge in [0.15, 0.2) is 5.78 Å². The summed E-state index contributed by atoms with van der Waals surface area (Å²) in [5.74, 6) is 1.44. The van der Waals surface area contributed by atoms with Crippen LogP contribution in [0.15, 0.2) is 18.2 Å². The number of benzene rings is 1. The van der Waals surface area contributed by atoms with Crippen LogP contribution in [0.1, 0.15) is 28.9 Å². The summed E-state index contributed by atoms with van der Waals surface area (Å²) in [4.78, 5) is 15.4. The van der Waals surface area contributed by atoms with Crippen LogP contribution in [0.3, 0.4) is 0 Å². The molecule has 0 atom stereocenters. The zero-order chi connectivity index (χ0) is 12.6. The molecule has 0 aliphatic heterocycles. The molecule has 2 aromatic rings. The summed E-state index contributed by atoms with van der Waals surface area (Å²) in [5, 5.41) is 4.74. The number of halogens is 1. The van der Waals surface area contributed by atoms with Gasteiger partial charge in [0.25, 0.3) is 0 Å². The molecule has 1 aromatic heterocycles. The minimum atomic E-state index is -0.00931. The van der Waals surface area contributed by atoms with E-state index in [1.54, 1.807) is 22.9 Å². The average Bonchev–Trinajstić information content (AvgIpc) is 2.57. The summed E-state index contributed by atoms with van der Waals surface area (Å²) in [6.07, 6.45) is 0. The number of carbonyl (C=O) groups excluding carboxylic acids is 1. The van der Waals surface area contributed by atoms with Gasteiger partial charge in [-0.1, -0.05) is 11.6 Å². The Morgan fingerprint density at radius 2 is 2.06 bits per heavy atom. The second-order valence-corrected chi connectivity index (χ2v) is 4.25. The molecule has 17 heavy (non-hydrogen) atoms. The van der Waals surface area contributed by atoms with E-state index in [-0.39, 0.29) is 5.78 Å². The summed E-state index contributed by atoms with van der Waals surface area (Å²) in [5.41, 5.74) is 1.32. The third-order valence-electron chi connectivity index (χ3n) is 2.46. The molecule has 88 valence electrons. The summed E-state index contributed by atoms with van der Waals surface area (Å²) >= 11 is 6.15. The molecule has 0 saturated heterocycles. The minimum absolute atomic E-state index is 0.00931. The van der Waals surface area contributed by atoms with E-state index >= 15 is 0 Å². The lowest BCUT2D eigenvalue weighted by molar-refractivity contribution is 0.101. The molecule has 0 amide bonds. The lowest BCUT2D eigenvalue weighted by Crippen LogP contribution is -2.02. The highest BCUT2D eigenvalue weighted by Gasteiger charge is 2.10. The Labute approximate surface area is 104 Å². The molecule has 0 unspecified atom stereocenters. The molecule has 0 aliphatic carbocycles. The Morgan fingerprint density at radius 3 is 2.53 bits per heavy atom. The van der Waals surface area contributed by atoms with E-state index in [1.165, 1.54) is 6.92 Å². The van der Waals surface area contributed by atoms with E-state index in [2.05, 4.69) is 10.1 Å². The van der Waals surface area contributed by atoms with Crippen molar-refractivity contribution in [2.24, 2.45) is 0 Å². The van der Waals surface area contributed by atoms with Gasteiger partial charge in [-0.2, -0.15) is 5.10 Å². The molecule has 0 spiro atoms. The molecule has 2 rings (SSSR count). The number of nitrogens with zero attached hydrogens (tertiary/aromatic N) is 3. The summed E-state index contributed by atoms with van der Waals surface area (Å²) < 4.78 is 1.67. The van der Waals surface area contributed by atoms with Crippen LogP contribution in [0, 0.1) is 13.8 Å². The van der Waals surface area contributed by atoms with Crippen LogP contribution in [0.25, 0.3) is 5.69 Å². The predicted octanol–water partition coefficient (Wildman–Crippen LogP) is 2.74. The van der Waals surface area contributed by atoms with Crippen molar-refractivity contribution < 1.29 is 4.79 Å². The largest absolute Gasteiger partial charge is 0.295 e. The number of hydrogen-bond acceptors (Lipinski definition) is 3. The van der Waals surface area contributed by atoms with Crippen molar-refractivity contribution in [2.75, 3.05) is 0 Å². The first-order valence-corrected chi connectivity index (χ1v) is 5.58. The number of carbonyl (C=O) groups is 1. The molecular weight excluding hydrogens is 238 g/mol. The third-order valence-corrected chi connectivity index (χ3v) is 2.76. The average molecular weight is 250 g/mol. The smallest absolute Gasteiger partial charge is 0.159 e. The van der Waals surface area contributed by atoms with Crippen molar-refractivity contribution in [1.82, 2.24) is 14.8 Å². The van der Waals surface area contributed by atoms with Gasteiger partial charge in [-0.05, 0) is 39.0 Å². The van der Waals surface area contributed by atoms with E-state index in [9.17, 15) is 4.79 Å². The van der Waals surface area contributed by atoms with Crippen molar-refractivity contribution in [3.8, 4) is 5.69 Å². The molecule has 0 N–H and O–H groups in total. The van der Waals surface area contributed by atoms with Gasteiger partial charge >= 0.3 is 0 Å². The Bertz CT molecular complexity index is 589. The highest BCUT2D eigenvalue weighted by atomic mass is 35.5. The lowest BCUT2D eigenvalue weighted by atomic mass is 10.1. The maximum Gasteiger partial charge on any atom is 0.159 e. The van der Waals surface area contributed by atoms with E-state index in [0.717, 1.165) is 11.5 Å². The zero-order valence-corrected chi connectivity index (χ0v) is 10.6. The van der Waals surface area contributed by atoms with Crippen LogP contribution in [-0.4, -0.2) is 20.5 Å². The predicted molar refractivity (Wildman–Crippen MR) is 65.8 cm³/mol. The van der Waals surface area contributed by atoms with Crippen molar-refractivity contribution in [1.29, 1.82) is 0 Å². The van der Waals surface area contributed by atoms with Gasteiger partial charge in [0.05, 0.1) is 10.7 Å². The normalized spacial score (nSPS) is 10.6. The fourth-order valence-corrected chi connectivity index (χ4v) is 1.91. The number of Topliss-reactive ketones (excluding diaryl/α,β-unsaturated/α-hetero) is 1. The number of ketones is 1. The monoisotopic (exact) mass is 249 g/mol. The quantitative estimate of drug-likeness (QED) is 0.769. The first-order valence-electron chi connectivity index (χ1n) is 5.20. The SMILES string of the molecule is CC(=O)c1ccc(-n2nc(C)nc2C)c(Cl)c1. The van der Waals surface area contributed by atoms with Crippen LogP contribution in [0.2, 0.25) is 5.02 Å². The van der Waals surface area contributed by atoms with Gasteiger partial charge in [0, 0.05) is 5.56 Å². The molecule has 4 nitrogen and oxygen atoms in total. The summed E-state index contributed by atoms with van der Waals surface area (Å²) in [6, 6.07) is 5.16. The van der Waals surface area contributed by atoms with E-state index in [4.69, 9.17) is 11.6 Å². The van der Waals surface area contributed by atoms with Crippen LogP contribution >= 0.6 is 11.6 Å². The van der Waals surface area contributed by atoms with Crippen molar-refractivity contribution in [2.45, 2.75) is 20.8 Å². The summed E-state index contributed by atoms with van der Waals surface area (Å²) in [7, 11) is 0. The van der Waals surface area contributed by atoms with Gasteiger partial charge in [0.2, 0.25) is 0 Å². The second-order valence-electron chi connectivity index (χ2n) is 3.84. The Kier molecular flexibility index (Phi) is 2.98. The zero-order valence-electron chi connectivity index (χ0n) is 9.86.